The fraction of sp³-hybridized carbons (Fsp3) is 0.500. The van der Waals surface area contributed by atoms with Gasteiger partial charge in [-0.25, -0.2) is 12.8 Å². The van der Waals surface area contributed by atoms with Crippen LogP contribution in [0.3, 0.4) is 0 Å². The van der Waals surface area contributed by atoms with Gasteiger partial charge in [-0.2, -0.15) is 0 Å². The Bertz CT molecular complexity index is 488. The summed E-state index contributed by atoms with van der Waals surface area (Å²) in [5.41, 5.74) is 0.577. The Labute approximate surface area is 107 Å². The molecule has 0 bridgehead atoms. The number of hydrogen-bond donors (Lipinski definition) is 1. The molecule has 0 amide bonds. The Morgan fingerprint density at radius 2 is 2.06 bits per heavy atom. The highest BCUT2D eigenvalue weighted by Crippen LogP contribution is 2.15. The number of aryl methyl sites for hydroxylation is 1. The molecular weight excluding hydrogens is 257 g/mol. The van der Waals surface area contributed by atoms with E-state index in [1.807, 2.05) is 0 Å². The average Bonchev–Trinajstić information content (AvgIpc) is 2.26. The Balaban J connectivity index is 2.20. The summed E-state index contributed by atoms with van der Waals surface area (Å²) in [7, 11) is -2.93. The zero-order valence-corrected chi connectivity index (χ0v) is 11.4. The van der Waals surface area contributed by atoms with Gasteiger partial charge < -0.3 is 10.1 Å². The Morgan fingerprint density at radius 1 is 1.33 bits per heavy atom. The largest absolute Gasteiger partial charge is 0.492 e. The first-order valence-electron chi connectivity index (χ1n) is 5.66. The van der Waals surface area contributed by atoms with Crippen LogP contribution in [-0.2, 0) is 9.84 Å². The van der Waals surface area contributed by atoms with Crippen molar-refractivity contribution in [3.63, 3.8) is 0 Å². The summed E-state index contributed by atoms with van der Waals surface area (Å²) in [6.45, 7) is 2.97. The van der Waals surface area contributed by atoms with E-state index in [0.717, 1.165) is 0 Å². The molecule has 0 spiro atoms. The van der Waals surface area contributed by atoms with Crippen LogP contribution < -0.4 is 10.1 Å². The van der Waals surface area contributed by atoms with Crippen LogP contribution in [0.5, 0.6) is 5.75 Å². The van der Waals surface area contributed by atoms with Crippen molar-refractivity contribution in [2.24, 2.45) is 0 Å². The van der Waals surface area contributed by atoms with E-state index in [1.165, 1.54) is 12.3 Å². The van der Waals surface area contributed by atoms with Crippen molar-refractivity contribution in [2.45, 2.75) is 6.92 Å². The van der Waals surface area contributed by atoms with Crippen molar-refractivity contribution in [1.29, 1.82) is 0 Å². The lowest BCUT2D eigenvalue weighted by Gasteiger charge is -2.08. The molecule has 0 aromatic heterocycles. The van der Waals surface area contributed by atoms with E-state index in [9.17, 15) is 12.8 Å². The topological polar surface area (TPSA) is 55.4 Å². The van der Waals surface area contributed by atoms with Gasteiger partial charge >= 0.3 is 0 Å². The highest BCUT2D eigenvalue weighted by molar-refractivity contribution is 7.90. The third-order valence-corrected chi connectivity index (χ3v) is 3.29. The minimum atomic E-state index is -2.93. The van der Waals surface area contributed by atoms with Crippen LogP contribution in [0.15, 0.2) is 18.2 Å². The monoisotopic (exact) mass is 275 g/mol. The fourth-order valence-electron chi connectivity index (χ4n) is 1.29. The first-order chi connectivity index (χ1) is 8.38. The molecule has 0 saturated carbocycles. The maximum absolute atomic E-state index is 13.2. The van der Waals surface area contributed by atoms with Gasteiger partial charge in [-0.3, -0.25) is 0 Å². The normalized spacial score (nSPS) is 11.5. The van der Waals surface area contributed by atoms with E-state index in [1.54, 1.807) is 19.1 Å². The molecule has 0 atom stereocenters. The van der Waals surface area contributed by atoms with Gasteiger partial charge in [0.05, 0.1) is 5.75 Å². The average molecular weight is 275 g/mol. The summed E-state index contributed by atoms with van der Waals surface area (Å²) in [5, 5.41) is 2.94. The summed E-state index contributed by atoms with van der Waals surface area (Å²) >= 11 is 0. The van der Waals surface area contributed by atoms with Crippen LogP contribution in [0.25, 0.3) is 0 Å². The number of benzene rings is 1. The van der Waals surface area contributed by atoms with Gasteiger partial charge in [0.25, 0.3) is 0 Å². The summed E-state index contributed by atoms with van der Waals surface area (Å²) < 4.78 is 40.2. The summed E-state index contributed by atoms with van der Waals surface area (Å²) in [5.74, 6) is 0.284. The minimum absolute atomic E-state index is 0.103. The second-order valence-electron chi connectivity index (χ2n) is 4.14. The second kappa shape index (κ2) is 6.70. The molecule has 102 valence electrons. The minimum Gasteiger partial charge on any atom is -0.492 e. The lowest BCUT2D eigenvalue weighted by Crippen LogP contribution is -2.26. The van der Waals surface area contributed by atoms with Crippen molar-refractivity contribution in [1.82, 2.24) is 5.32 Å². The lowest BCUT2D eigenvalue weighted by molar-refractivity contribution is 0.313. The van der Waals surface area contributed by atoms with Gasteiger partial charge in [-0.05, 0) is 18.6 Å². The molecule has 6 heteroatoms. The van der Waals surface area contributed by atoms with Gasteiger partial charge in [0.1, 0.15) is 28.0 Å². The van der Waals surface area contributed by atoms with E-state index in [2.05, 4.69) is 5.32 Å². The van der Waals surface area contributed by atoms with Crippen molar-refractivity contribution < 1.29 is 17.5 Å². The van der Waals surface area contributed by atoms with Crippen LogP contribution in [0.4, 0.5) is 4.39 Å². The Morgan fingerprint density at radius 3 is 2.67 bits per heavy atom. The van der Waals surface area contributed by atoms with E-state index >= 15 is 0 Å². The maximum Gasteiger partial charge on any atom is 0.148 e. The smallest absolute Gasteiger partial charge is 0.148 e. The molecule has 0 fully saturated rings. The molecule has 1 N–H and O–H groups in total. The molecule has 0 heterocycles. The highest BCUT2D eigenvalue weighted by atomic mass is 32.2. The van der Waals surface area contributed by atoms with Gasteiger partial charge in [0, 0.05) is 25.4 Å². The quantitative estimate of drug-likeness (QED) is 0.758. The van der Waals surface area contributed by atoms with Crippen molar-refractivity contribution >= 4 is 9.84 Å². The van der Waals surface area contributed by atoms with Crippen LogP contribution >= 0.6 is 0 Å². The molecule has 1 rings (SSSR count). The van der Waals surface area contributed by atoms with Gasteiger partial charge in [-0.1, -0.05) is 6.07 Å². The number of ether oxygens (including phenoxy) is 1. The molecule has 4 nitrogen and oxygen atoms in total. The Hall–Kier alpha value is -1.14. The summed E-state index contributed by atoms with van der Waals surface area (Å²) in [4.78, 5) is 0. The fourth-order valence-corrected chi connectivity index (χ4v) is 1.80. The van der Waals surface area contributed by atoms with Crippen LogP contribution in [0.1, 0.15) is 5.56 Å². The highest BCUT2D eigenvalue weighted by Gasteiger charge is 2.01. The third-order valence-electron chi connectivity index (χ3n) is 2.34. The van der Waals surface area contributed by atoms with E-state index in [4.69, 9.17) is 4.74 Å². The zero-order valence-electron chi connectivity index (χ0n) is 10.6. The van der Waals surface area contributed by atoms with Gasteiger partial charge in [-0.15, -0.1) is 0 Å². The molecular formula is C12H18FNO3S. The van der Waals surface area contributed by atoms with Gasteiger partial charge in [0.15, 0.2) is 0 Å². The SMILES string of the molecule is Cc1ccc(OCCNCCS(C)(=O)=O)cc1F. The standard InChI is InChI=1S/C12H18FNO3S/c1-10-3-4-11(9-12(10)13)17-7-5-14-6-8-18(2,15)16/h3-4,9,14H,5-8H2,1-2H3. The molecule has 0 aliphatic rings. The van der Waals surface area contributed by atoms with Crippen LogP contribution in [0, 0.1) is 12.7 Å². The molecule has 0 unspecified atom stereocenters. The van der Waals surface area contributed by atoms with Crippen LogP contribution in [0.2, 0.25) is 0 Å². The van der Waals surface area contributed by atoms with Gasteiger partial charge in [0.2, 0.25) is 0 Å². The van der Waals surface area contributed by atoms with Crippen molar-refractivity contribution in [3.8, 4) is 5.75 Å². The van der Waals surface area contributed by atoms with E-state index < -0.39 is 9.84 Å². The van der Waals surface area contributed by atoms with Crippen molar-refractivity contribution in [3.05, 3.63) is 29.6 Å². The van der Waals surface area contributed by atoms with Crippen LogP contribution in [-0.4, -0.2) is 40.1 Å². The first kappa shape index (κ1) is 14.9. The number of nitrogens with one attached hydrogen (secondary N) is 1. The lowest BCUT2D eigenvalue weighted by atomic mass is 10.2. The number of sulfone groups is 1. The molecule has 1 aromatic carbocycles. The maximum atomic E-state index is 13.2. The number of halogens is 1. The summed E-state index contributed by atoms with van der Waals surface area (Å²) in [6.07, 6.45) is 1.19. The Kier molecular flexibility index (Phi) is 5.55. The molecule has 0 radical (unpaired) electrons. The molecule has 0 aliphatic heterocycles. The molecule has 1 aromatic rings. The number of rotatable bonds is 7. The third kappa shape index (κ3) is 5.97. The molecule has 0 saturated heterocycles. The zero-order chi connectivity index (χ0) is 13.6. The summed E-state index contributed by atoms with van der Waals surface area (Å²) in [6, 6.07) is 4.70. The molecule has 18 heavy (non-hydrogen) atoms. The van der Waals surface area contributed by atoms with E-state index in [0.29, 0.717) is 31.0 Å². The molecule has 0 aliphatic carbocycles. The predicted molar refractivity (Wildman–Crippen MR) is 69.2 cm³/mol. The number of hydrogen-bond acceptors (Lipinski definition) is 4. The van der Waals surface area contributed by atoms with E-state index in [-0.39, 0.29) is 11.6 Å². The van der Waals surface area contributed by atoms with Crippen molar-refractivity contribution in [2.75, 3.05) is 31.7 Å². The first-order valence-corrected chi connectivity index (χ1v) is 7.72. The second-order valence-corrected chi connectivity index (χ2v) is 6.40. The predicted octanol–water partition coefficient (Wildman–Crippen LogP) is 1.15.